The summed E-state index contributed by atoms with van der Waals surface area (Å²) in [6.45, 7) is 13.2. The van der Waals surface area contributed by atoms with E-state index < -0.39 is 0 Å². The van der Waals surface area contributed by atoms with Crippen LogP contribution in [0.25, 0.3) is 0 Å². The van der Waals surface area contributed by atoms with E-state index in [0.29, 0.717) is 12.0 Å². The minimum absolute atomic E-state index is 0.193. The van der Waals surface area contributed by atoms with Crippen molar-refractivity contribution in [2.75, 3.05) is 17.7 Å². The van der Waals surface area contributed by atoms with Crippen molar-refractivity contribution in [2.45, 2.75) is 53.5 Å². The van der Waals surface area contributed by atoms with Gasteiger partial charge in [-0.1, -0.05) is 34.6 Å². The van der Waals surface area contributed by atoms with Gasteiger partial charge < -0.3 is 10.6 Å². The Hall–Kier alpha value is -1.32. The molecule has 1 heterocycles. The van der Waals surface area contributed by atoms with Crippen LogP contribution in [0.1, 0.15) is 53.0 Å². The first-order chi connectivity index (χ1) is 8.27. The average Bonchev–Trinajstić information content (AvgIpc) is 2.26. The first kappa shape index (κ1) is 14.7. The third kappa shape index (κ3) is 3.34. The molecule has 0 saturated carbocycles. The third-order valence-electron chi connectivity index (χ3n) is 3.35. The SMILES string of the molecule is CNc1ncnc(NC(C)C(C)(C)C)c1C(C)C. The standard InChI is InChI=1S/C14H26N4/c1-9(2)11-12(15-7)16-8-17-13(11)18-10(3)14(4,5)6/h8-10H,1-7H3,(H2,15,16,17,18). The van der Waals surface area contributed by atoms with E-state index in [1.54, 1.807) is 6.33 Å². The molecular weight excluding hydrogens is 224 g/mol. The highest BCUT2D eigenvalue weighted by Gasteiger charge is 2.22. The van der Waals surface area contributed by atoms with Crippen LogP contribution < -0.4 is 10.6 Å². The monoisotopic (exact) mass is 250 g/mol. The fourth-order valence-corrected chi connectivity index (χ4v) is 1.68. The van der Waals surface area contributed by atoms with Gasteiger partial charge in [0.05, 0.1) is 0 Å². The molecule has 0 radical (unpaired) electrons. The van der Waals surface area contributed by atoms with Crippen molar-refractivity contribution in [2.24, 2.45) is 5.41 Å². The van der Waals surface area contributed by atoms with Crippen molar-refractivity contribution in [3.05, 3.63) is 11.9 Å². The van der Waals surface area contributed by atoms with Crippen LogP contribution in [-0.4, -0.2) is 23.1 Å². The van der Waals surface area contributed by atoms with Gasteiger partial charge in [0.25, 0.3) is 0 Å². The van der Waals surface area contributed by atoms with E-state index in [1.165, 1.54) is 0 Å². The van der Waals surface area contributed by atoms with Gasteiger partial charge in [-0.05, 0) is 18.3 Å². The summed E-state index contributed by atoms with van der Waals surface area (Å²) in [7, 11) is 1.89. The second kappa shape index (κ2) is 5.55. The van der Waals surface area contributed by atoms with Crippen LogP contribution in [0.5, 0.6) is 0 Å². The molecule has 0 saturated heterocycles. The number of hydrogen-bond donors (Lipinski definition) is 2. The molecular formula is C14H26N4. The van der Waals surface area contributed by atoms with Crippen molar-refractivity contribution in [1.82, 2.24) is 9.97 Å². The Balaban J connectivity index is 3.09. The fraction of sp³-hybridized carbons (Fsp3) is 0.714. The first-order valence-electron chi connectivity index (χ1n) is 6.56. The molecule has 0 aliphatic heterocycles. The highest BCUT2D eigenvalue weighted by atomic mass is 15.1. The van der Waals surface area contributed by atoms with Crippen molar-refractivity contribution in [3.8, 4) is 0 Å². The maximum Gasteiger partial charge on any atom is 0.135 e. The van der Waals surface area contributed by atoms with Gasteiger partial charge in [-0.15, -0.1) is 0 Å². The number of aromatic nitrogens is 2. The molecule has 0 spiro atoms. The maximum atomic E-state index is 4.40. The van der Waals surface area contributed by atoms with E-state index in [0.717, 1.165) is 17.2 Å². The lowest BCUT2D eigenvalue weighted by atomic mass is 9.88. The zero-order valence-electron chi connectivity index (χ0n) is 12.6. The highest BCUT2D eigenvalue weighted by Crippen LogP contribution is 2.30. The normalized spacial score (nSPS) is 13.6. The summed E-state index contributed by atoms with van der Waals surface area (Å²) in [5.41, 5.74) is 1.34. The second-order valence-electron chi connectivity index (χ2n) is 6.12. The summed E-state index contributed by atoms with van der Waals surface area (Å²) in [4.78, 5) is 8.69. The topological polar surface area (TPSA) is 49.8 Å². The van der Waals surface area contributed by atoms with Gasteiger partial charge in [0.15, 0.2) is 0 Å². The van der Waals surface area contributed by atoms with Gasteiger partial charge >= 0.3 is 0 Å². The number of nitrogens with zero attached hydrogens (tertiary/aromatic N) is 2. The van der Waals surface area contributed by atoms with E-state index >= 15 is 0 Å². The fourth-order valence-electron chi connectivity index (χ4n) is 1.68. The quantitative estimate of drug-likeness (QED) is 0.859. The molecule has 1 aromatic heterocycles. The van der Waals surface area contributed by atoms with E-state index in [2.05, 4.69) is 62.1 Å². The summed E-state index contributed by atoms with van der Waals surface area (Å²) >= 11 is 0. The Bertz CT molecular complexity index is 393. The zero-order chi connectivity index (χ0) is 13.9. The summed E-state index contributed by atoms with van der Waals surface area (Å²) in [5.74, 6) is 2.22. The van der Waals surface area contributed by atoms with E-state index in [-0.39, 0.29) is 5.41 Å². The molecule has 1 rings (SSSR count). The van der Waals surface area contributed by atoms with Crippen LogP contribution in [-0.2, 0) is 0 Å². The number of rotatable bonds is 4. The zero-order valence-corrected chi connectivity index (χ0v) is 12.6. The molecule has 1 aromatic rings. The van der Waals surface area contributed by atoms with E-state index in [4.69, 9.17) is 0 Å². The Morgan fingerprint density at radius 2 is 1.61 bits per heavy atom. The Kier molecular flexibility index (Phi) is 4.54. The second-order valence-corrected chi connectivity index (χ2v) is 6.12. The van der Waals surface area contributed by atoms with Crippen LogP contribution >= 0.6 is 0 Å². The van der Waals surface area contributed by atoms with Gasteiger partial charge in [0, 0.05) is 18.7 Å². The lowest BCUT2D eigenvalue weighted by Crippen LogP contribution is -2.31. The number of anilines is 2. The minimum Gasteiger partial charge on any atom is -0.373 e. The molecule has 0 amide bonds. The third-order valence-corrected chi connectivity index (χ3v) is 3.35. The molecule has 0 aliphatic carbocycles. The van der Waals surface area contributed by atoms with Gasteiger partial charge in [-0.25, -0.2) is 9.97 Å². The van der Waals surface area contributed by atoms with Crippen LogP contribution in [0.3, 0.4) is 0 Å². The van der Waals surface area contributed by atoms with Crippen LogP contribution in [0.4, 0.5) is 11.6 Å². The van der Waals surface area contributed by atoms with Crippen molar-refractivity contribution in [1.29, 1.82) is 0 Å². The highest BCUT2D eigenvalue weighted by molar-refractivity contribution is 5.59. The van der Waals surface area contributed by atoms with Crippen molar-refractivity contribution in [3.63, 3.8) is 0 Å². The van der Waals surface area contributed by atoms with Crippen LogP contribution in [0.2, 0.25) is 0 Å². The summed E-state index contributed by atoms with van der Waals surface area (Å²) in [6.07, 6.45) is 1.61. The molecule has 18 heavy (non-hydrogen) atoms. The number of nitrogens with one attached hydrogen (secondary N) is 2. The summed E-state index contributed by atoms with van der Waals surface area (Å²) in [6, 6.07) is 0.342. The lowest BCUT2D eigenvalue weighted by Gasteiger charge is -2.30. The number of hydrogen-bond acceptors (Lipinski definition) is 4. The van der Waals surface area contributed by atoms with Crippen molar-refractivity contribution >= 4 is 11.6 Å². The van der Waals surface area contributed by atoms with Gasteiger partial charge in [0.1, 0.15) is 18.0 Å². The Labute approximate surface area is 111 Å². The molecule has 1 atom stereocenters. The Morgan fingerprint density at radius 3 is 2.06 bits per heavy atom. The Morgan fingerprint density at radius 1 is 1.06 bits per heavy atom. The molecule has 0 bridgehead atoms. The minimum atomic E-state index is 0.193. The maximum absolute atomic E-state index is 4.40. The molecule has 0 aliphatic rings. The van der Waals surface area contributed by atoms with Gasteiger partial charge in [-0.3, -0.25) is 0 Å². The predicted molar refractivity (Wildman–Crippen MR) is 78.2 cm³/mol. The van der Waals surface area contributed by atoms with Gasteiger partial charge in [-0.2, -0.15) is 0 Å². The van der Waals surface area contributed by atoms with Crippen molar-refractivity contribution < 1.29 is 0 Å². The largest absolute Gasteiger partial charge is 0.373 e. The predicted octanol–water partition coefficient (Wildman–Crippen LogP) is 3.49. The van der Waals surface area contributed by atoms with Crippen LogP contribution in [0, 0.1) is 5.41 Å². The van der Waals surface area contributed by atoms with E-state index in [1.807, 2.05) is 7.05 Å². The molecule has 4 heteroatoms. The summed E-state index contributed by atoms with van der Waals surface area (Å²) in [5, 5.41) is 6.65. The molecule has 2 N–H and O–H groups in total. The average molecular weight is 250 g/mol. The van der Waals surface area contributed by atoms with Gasteiger partial charge in [0.2, 0.25) is 0 Å². The molecule has 4 nitrogen and oxygen atoms in total. The van der Waals surface area contributed by atoms with Crippen LogP contribution in [0.15, 0.2) is 6.33 Å². The molecule has 0 aromatic carbocycles. The molecule has 102 valence electrons. The molecule has 0 fully saturated rings. The van der Waals surface area contributed by atoms with E-state index in [9.17, 15) is 0 Å². The smallest absolute Gasteiger partial charge is 0.135 e. The molecule has 1 unspecified atom stereocenters. The summed E-state index contributed by atoms with van der Waals surface area (Å²) < 4.78 is 0. The lowest BCUT2D eigenvalue weighted by molar-refractivity contribution is 0.358. The first-order valence-corrected chi connectivity index (χ1v) is 6.56.